The quantitative estimate of drug-likeness (QED) is 0.688. The fourth-order valence-corrected chi connectivity index (χ4v) is 2.29. The number of carbonyl (C=O) groups is 1. The molecule has 0 aliphatic rings. The van der Waals surface area contributed by atoms with Crippen LogP contribution in [0.1, 0.15) is 42.6 Å². The first kappa shape index (κ1) is 18.8. The maximum atomic E-state index is 13.3. The van der Waals surface area contributed by atoms with Gasteiger partial charge >= 0.3 is 0 Å². The van der Waals surface area contributed by atoms with Crippen LogP contribution in [0, 0.1) is 12.7 Å². The SMILES string of the molecule is CCCCOc1ccc(C(=O)Nc2ccc(F)c(C)c2)cc1OCC. The van der Waals surface area contributed by atoms with Gasteiger partial charge in [0.05, 0.1) is 13.2 Å². The minimum atomic E-state index is -0.301. The third-order valence-corrected chi connectivity index (χ3v) is 3.68. The number of hydrogen-bond donors (Lipinski definition) is 1. The smallest absolute Gasteiger partial charge is 0.255 e. The molecule has 1 amide bonds. The van der Waals surface area contributed by atoms with E-state index < -0.39 is 0 Å². The van der Waals surface area contributed by atoms with Gasteiger partial charge in [0.25, 0.3) is 5.91 Å². The third-order valence-electron chi connectivity index (χ3n) is 3.68. The topological polar surface area (TPSA) is 47.6 Å². The summed E-state index contributed by atoms with van der Waals surface area (Å²) in [5, 5.41) is 2.77. The fraction of sp³-hybridized carbons (Fsp3) is 0.350. The van der Waals surface area contributed by atoms with Gasteiger partial charge in [-0.25, -0.2) is 4.39 Å². The van der Waals surface area contributed by atoms with E-state index in [0.29, 0.717) is 41.5 Å². The zero-order valence-electron chi connectivity index (χ0n) is 14.9. The molecule has 2 aromatic rings. The Morgan fingerprint density at radius 3 is 2.56 bits per heavy atom. The van der Waals surface area contributed by atoms with Crippen molar-refractivity contribution < 1.29 is 18.7 Å². The number of carbonyl (C=O) groups excluding carboxylic acids is 1. The van der Waals surface area contributed by atoms with Gasteiger partial charge in [-0.05, 0) is 62.2 Å². The second-order valence-corrected chi connectivity index (χ2v) is 5.71. The summed E-state index contributed by atoms with van der Waals surface area (Å²) in [7, 11) is 0. The highest BCUT2D eigenvalue weighted by Gasteiger charge is 2.12. The molecule has 0 atom stereocenters. The van der Waals surface area contributed by atoms with Crippen molar-refractivity contribution in [2.24, 2.45) is 0 Å². The average Bonchev–Trinajstić information content (AvgIpc) is 2.60. The van der Waals surface area contributed by atoms with Crippen LogP contribution in [0.3, 0.4) is 0 Å². The van der Waals surface area contributed by atoms with Crippen molar-refractivity contribution in [3.05, 3.63) is 53.3 Å². The van der Waals surface area contributed by atoms with Crippen LogP contribution >= 0.6 is 0 Å². The summed E-state index contributed by atoms with van der Waals surface area (Å²) in [4.78, 5) is 12.4. The Labute approximate surface area is 148 Å². The van der Waals surface area contributed by atoms with E-state index >= 15 is 0 Å². The molecule has 2 rings (SSSR count). The molecule has 4 nitrogen and oxygen atoms in total. The minimum absolute atomic E-state index is 0.285. The number of aryl methyl sites for hydroxylation is 1. The zero-order chi connectivity index (χ0) is 18.2. The van der Waals surface area contributed by atoms with Gasteiger partial charge in [-0.1, -0.05) is 13.3 Å². The molecule has 0 aliphatic heterocycles. The van der Waals surface area contributed by atoms with Crippen molar-refractivity contribution in [2.45, 2.75) is 33.6 Å². The molecule has 0 spiro atoms. The number of amides is 1. The van der Waals surface area contributed by atoms with E-state index in [1.165, 1.54) is 12.1 Å². The largest absolute Gasteiger partial charge is 0.490 e. The van der Waals surface area contributed by atoms with Crippen LogP contribution in [0.2, 0.25) is 0 Å². The molecule has 0 radical (unpaired) electrons. The summed E-state index contributed by atoms with van der Waals surface area (Å²) < 4.78 is 24.6. The van der Waals surface area contributed by atoms with Crippen LogP contribution in [-0.4, -0.2) is 19.1 Å². The highest BCUT2D eigenvalue weighted by Crippen LogP contribution is 2.29. The highest BCUT2D eigenvalue weighted by atomic mass is 19.1. The van der Waals surface area contributed by atoms with E-state index in [1.54, 1.807) is 31.2 Å². The number of rotatable bonds is 8. The van der Waals surface area contributed by atoms with Crippen LogP contribution in [0.5, 0.6) is 11.5 Å². The van der Waals surface area contributed by atoms with E-state index in [0.717, 1.165) is 12.8 Å². The molecular weight excluding hydrogens is 321 g/mol. The van der Waals surface area contributed by atoms with E-state index in [4.69, 9.17) is 9.47 Å². The highest BCUT2D eigenvalue weighted by molar-refractivity contribution is 6.04. The molecule has 0 aliphatic carbocycles. The van der Waals surface area contributed by atoms with Gasteiger partial charge in [-0.2, -0.15) is 0 Å². The third kappa shape index (κ3) is 5.21. The Bertz CT molecular complexity index is 731. The normalized spacial score (nSPS) is 10.4. The Hall–Kier alpha value is -2.56. The molecule has 5 heteroatoms. The molecule has 2 aromatic carbocycles. The monoisotopic (exact) mass is 345 g/mol. The minimum Gasteiger partial charge on any atom is -0.490 e. The van der Waals surface area contributed by atoms with Crippen molar-refractivity contribution in [3.8, 4) is 11.5 Å². The second-order valence-electron chi connectivity index (χ2n) is 5.71. The summed E-state index contributed by atoms with van der Waals surface area (Å²) in [5.41, 5.74) is 1.48. The number of nitrogens with one attached hydrogen (secondary N) is 1. The summed E-state index contributed by atoms with van der Waals surface area (Å²) >= 11 is 0. The second kappa shape index (κ2) is 9.06. The predicted octanol–water partition coefficient (Wildman–Crippen LogP) is 4.96. The van der Waals surface area contributed by atoms with Crippen molar-refractivity contribution in [3.63, 3.8) is 0 Å². The number of halogens is 1. The molecule has 0 aromatic heterocycles. The van der Waals surface area contributed by atoms with Crippen molar-refractivity contribution in [1.29, 1.82) is 0 Å². The standard InChI is InChI=1S/C20H24FNO3/c1-4-6-11-25-18-10-7-15(13-19(18)24-5-2)20(23)22-16-8-9-17(21)14(3)12-16/h7-10,12-13H,4-6,11H2,1-3H3,(H,22,23). The molecule has 25 heavy (non-hydrogen) atoms. The predicted molar refractivity (Wildman–Crippen MR) is 97.1 cm³/mol. The van der Waals surface area contributed by atoms with E-state index in [9.17, 15) is 9.18 Å². The summed E-state index contributed by atoms with van der Waals surface area (Å²) in [5.74, 6) is 0.586. The molecule has 0 saturated heterocycles. The van der Waals surface area contributed by atoms with Crippen molar-refractivity contribution in [2.75, 3.05) is 18.5 Å². The Morgan fingerprint density at radius 2 is 1.88 bits per heavy atom. The van der Waals surface area contributed by atoms with Gasteiger partial charge in [0.1, 0.15) is 5.82 Å². The summed E-state index contributed by atoms with van der Waals surface area (Å²) in [6.07, 6.45) is 2.00. The molecule has 0 bridgehead atoms. The van der Waals surface area contributed by atoms with Crippen LogP contribution in [0.4, 0.5) is 10.1 Å². The van der Waals surface area contributed by atoms with Gasteiger partial charge in [-0.3, -0.25) is 4.79 Å². The Morgan fingerprint density at radius 1 is 1.08 bits per heavy atom. The average molecular weight is 345 g/mol. The lowest BCUT2D eigenvalue weighted by Gasteiger charge is -2.13. The van der Waals surface area contributed by atoms with E-state index in [-0.39, 0.29) is 11.7 Å². The summed E-state index contributed by atoms with van der Waals surface area (Å²) in [6, 6.07) is 9.56. The van der Waals surface area contributed by atoms with Gasteiger partial charge in [0.2, 0.25) is 0 Å². The van der Waals surface area contributed by atoms with E-state index in [1.807, 2.05) is 6.92 Å². The number of ether oxygens (including phenoxy) is 2. The van der Waals surface area contributed by atoms with E-state index in [2.05, 4.69) is 12.2 Å². The Balaban J connectivity index is 2.15. The van der Waals surface area contributed by atoms with Crippen molar-refractivity contribution >= 4 is 11.6 Å². The first-order valence-corrected chi connectivity index (χ1v) is 8.52. The zero-order valence-corrected chi connectivity index (χ0v) is 14.9. The van der Waals surface area contributed by atoms with Gasteiger partial charge in [-0.15, -0.1) is 0 Å². The van der Waals surface area contributed by atoms with Crippen LogP contribution < -0.4 is 14.8 Å². The van der Waals surface area contributed by atoms with Gasteiger partial charge in [0, 0.05) is 11.3 Å². The van der Waals surface area contributed by atoms with Crippen LogP contribution in [-0.2, 0) is 0 Å². The van der Waals surface area contributed by atoms with Crippen LogP contribution in [0.15, 0.2) is 36.4 Å². The van der Waals surface area contributed by atoms with Gasteiger partial charge < -0.3 is 14.8 Å². The van der Waals surface area contributed by atoms with Crippen molar-refractivity contribution in [1.82, 2.24) is 0 Å². The van der Waals surface area contributed by atoms with Crippen LogP contribution in [0.25, 0.3) is 0 Å². The Kier molecular flexibility index (Phi) is 6.81. The number of unbranched alkanes of at least 4 members (excludes halogenated alkanes) is 1. The first-order chi connectivity index (χ1) is 12.0. The lowest BCUT2D eigenvalue weighted by Crippen LogP contribution is -2.12. The molecular formula is C20H24FNO3. The van der Waals surface area contributed by atoms with Gasteiger partial charge in [0.15, 0.2) is 11.5 Å². The molecule has 134 valence electrons. The molecule has 1 N–H and O–H groups in total. The molecule has 0 heterocycles. The lowest BCUT2D eigenvalue weighted by molar-refractivity contribution is 0.102. The number of benzene rings is 2. The maximum Gasteiger partial charge on any atom is 0.255 e. The number of hydrogen-bond acceptors (Lipinski definition) is 3. The maximum absolute atomic E-state index is 13.3. The fourth-order valence-electron chi connectivity index (χ4n) is 2.29. The summed E-state index contributed by atoms with van der Waals surface area (Å²) in [6.45, 7) is 6.71. The molecule has 0 unspecified atom stereocenters. The molecule has 0 fully saturated rings. The number of anilines is 1. The molecule has 0 saturated carbocycles. The lowest BCUT2D eigenvalue weighted by atomic mass is 10.1. The first-order valence-electron chi connectivity index (χ1n) is 8.52.